The van der Waals surface area contributed by atoms with Crippen molar-refractivity contribution in [2.24, 2.45) is 17.3 Å². The predicted molar refractivity (Wildman–Crippen MR) is 94.9 cm³/mol. The van der Waals surface area contributed by atoms with Crippen molar-refractivity contribution in [1.82, 2.24) is 10.2 Å². The molecule has 2 amide bonds. The Hall–Kier alpha value is -0.770. The first kappa shape index (κ1) is 16.7. The second-order valence-corrected chi connectivity index (χ2v) is 9.22. The van der Waals surface area contributed by atoms with E-state index in [1.807, 2.05) is 0 Å². The van der Waals surface area contributed by atoms with Gasteiger partial charge in [0.05, 0.1) is 6.10 Å². The smallest absolute Gasteiger partial charge is 0.317 e. The van der Waals surface area contributed by atoms with Crippen LogP contribution in [0, 0.1) is 17.3 Å². The van der Waals surface area contributed by atoms with Gasteiger partial charge in [0.25, 0.3) is 0 Å². The van der Waals surface area contributed by atoms with Gasteiger partial charge in [-0.2, -0.15) is 0 Å². The minimum atomic E-state index is 0.0788. The van der Waals surface area contributed by atoms with E-state index in [4.69, 9.17) is 4.74 Å². The molecule has 24 heavy (non-hydrogen) atoms. The fourth-order valence-electron chi connectivity index (χ4n) is 5.99. The SMILES string of the molecule is CC1(C)[C@H](NC(=O)N2CCC[C@@H]2CC2CCCCC2)[C@H]2CCO[C@H]21. The van der Waals surface area contributed by atoms with Crippen LogP contribution in [0.4, 0.5) is 4.79 Å². The van der Waals surface area contributed by atoms with Crippen molar-refractivity contribution in [3.05, 3.63) is 0 Å². The van der Waals surface area contributed by atoms with E-state index in [1.54, 1.807) is 0 Å². The third-order valence-corrected chi connectivity index (χ3v) is 7.35. The summed E-state index contributed by atoms with van der Waals surface area (Å²) in [5, 5.41) is 3.39. The van der Waals surface area contributed by atoms with Crippen molar-refractivity contribution in [2.75, 3.05) is 13.2 Å². The molecule has 2 saturated carbocycles. The van der Waals surface area contributed by atoms with E-state index < -0.39 is 0 Å². The van der Waals surface area contributed by atoms with Gasteiger partial charge in [0, 0.05) is 36.6 Å². The monoisotopic (exact) mass is 334 g/mol. The second kappa shape index (κ2) is 6.51. The van der Waals surface area contributed by atoms with Crippen LogP contribution in [0.3, 0.4) is 0 Å². The molecule has 136 valence electrons. The Morgan fingerprint density at radius 3 is 2.71 bits per heavy atom. The second-order valence-electron chi connectivity index (χ2n) is 9.22. The summed E-state index contributed by atoms with van der Waals surface area (Å²) in [6, 6.07) is 0.956. The number of hydrogen-bond acceptors (Lipinski definition) is 2. The zero-order valence-corrected chi connectivity index (χ0v) is 15.4. The van der Waals surface area contributed by atoms with Gasteiger partial charge >= 0.3 is 6.03 Å². The van der Waals surface area contributed by atoms with Crippen LogP contribution >= 0.6 is 0 Å². The number of amides is 2. The minimum Gasteiger partial charge on any atom is -0.377 e. The minimum absolute atomic E-state index is 0.0788. The summed E-state index contributed by atoms with van der Waals surface area (Å²) in [6.45, 7) is 6.29. The van der Waals surface area contributed by atoms with Crippen LogP contribution in [0.25, 0.3) is 0 Å². The lowest BCUT2D eigenvalue weighted by Gasteiger charge is -2.54. The Morgan fingerprint density at radius 2 is 1.92 bits per heavy atom. The number of nitrogens with one attached hydrogen (secondary N) is 1. The third-order valence-electron chi connectivity index (χ3n) is 7.35. The molecule has 4 rings (SSSR count). The molecule has 2 aliphatic heterocycles. The van der Waals surface area contributed by atoms with Crippen molar-refractivity contribution >= 4 is 6.03 Å². The van der Waals surface area contributed by atoms with Gasteiger partial charge in [0.2, 0.25) is 0 Å². The van der Waals surface area contributed by atoms with Gasteiger partial charge in [-0.25, -0.2) is 4.79 Å². The molecule has 4 nitrogen and oxygen atoms in total. The number of ether oxygens (including phenoxy) is 1. The number of rotatable bonds is 3. The quantitative estimate of drug-likeness (QED) is 0.849. The average Bonchev–Trinajstić information content (AvgIpc) is 3.21. The number of nitrogens with zero attached hydrogens (tertiary/aromatic N) is 1. The maximum Gasteiger partial charge on any atom is 0.317 e. The topological polar surface area (TPSA) is 41.6 Å². The Kier molecular flexibility index (Phi) is 4.53. The Balaban J connectivity index is 1.35. The normalized spacial score (nSPS) is 38.7. The Morgan fingerprint density at radius 1 is 1.12 bits per heavy atom. The molecule has 0 aromatic rings. The van der Waals surface area contributed by atoms with Crippen molar-refractivity contribution in [2.45, 2.75) is 89.8 Å². The van der Waals surface area contributed by atoms with Gasteiger partial charge in [-0.15, -0.1) is 0 Å². The molecule has 4 heteroatoms. The van der Waals surface area contributed by atoms with E-state index in [0.717, 1.165) is 25.5 Å². The number of urea groups is 1. The van der Waals surface area contributed by atoms with Gasteiger partial charge in [-0.1, -0.05) is 46.0 Å². The van der Waals surface area contributed by atoms with E-state index >= 15 is 0 Å². The summed E-state index contributed by atoms with van der Waals surface area (Å²) in [5.41, 5.74) is 0.0788. The van der Waals surface area contributed by atoms with Gasteiger partial charge in [-0.05, 0) is 31.6 Å². The lowest BCUT2D eigenvalue weighted by atomic mass is 9.57. The zero-order chi connectivity index (χ0) is 16.7. The lowest BCUT2D eigenvalue weighted by Crippen LogP contribution is -2.68. The molecule has 2 heterocycles. The van der Waals surface area contributed by atoms with Crippen molar-refractivity contribution in [3.63, 3.8) is 0 Å². The first-order valence-corrected chi connectivity index (χ1v) is 10.3. The van der Waals surface area contributed by atoms with E-state index in [9.17, 15) is 4.79 Å². The van der Waals surface area contributed by atoms with Crippen LogP contribution in [0.5, 0.6) is 0 Å². The van der Waals surface area contributed by atoms with Gasteiger partial charge in [0.15, 0.2) is 0 Å². The highest BCUT2D eigenvalue weighted by atomic mass is 16.5. The van der Waals surface area contributed by atoms with Crippen molar-refractivity contribution < 1.29 is 9.53 Å². The summed E-state index contributed by atoms with van der Waals surface area (Å²) in [7, 11) is 0. The number of likely N-dealkylation sites (tertiary alicyclic amines) is 1. The molecule has 4 aliphatic rings. The van der Waals surface area contributed by atoms with Crippen LogP contribution in [0.15, 0.2) is 0 Å². The summed E-state index contributed by atoms with van der Waals surface area (Å²) in [5.74, 6) is 1.38. The maximum atomic E-state index is 13.0. The van der Waals surface area contributed by atoms with Crippen molar-refractivity contribution in [1.29, 1.82) is 0 Å². The van der Waals surface area contributed by atoms with Crippen LogP contribution in [-0.4, -0.2) is 42.3 Å². The molecular formula is C20H34N2O2. The van der Waals surface area contributed by atoms with Crippen LogP contribution < -0.4 is 5.32 Å². The molecule has 4 atom stereocenters. The summed E-state index contributed by atoms with van der Waals surface area (Å²) >= 11 is 0. The average molecular weight is 335 g/mol. The molecule has 0 radical (unpaired) electrons. The molecule has 0 aromatic carbocycles. The highest BCUT2D eigenvalue weighted by molar-refractivity contribution is 5.75. The Bertz CT molecular complexity index is 472. The Labute approximate surface area is 146 Å². The zero-order valence-electron chi connectivity index (χ0n) is 15.4. The summed E-state index contributed by atoms with van der Waals surface area (Å²) < 4.78 is 5.86. The molecule has 1 N–H and O–H groups in total. The largest absolute Gasteiger partial charge is 0.377 e. The number of carbonyl (C=O) groups is 1. The molecular weight excluding hydrogens is 300 g/mol. The first-order valence-electron chi connectivity index (χ1n) is 10.3. The predicted octanol–water partition coefficient (Wildman–Crippen LogP) is 3.94. The summed E-state index contributed by atoms with van der Waals surface area (Å²) in [6.07, 6.45) is 12.0. The van der Waals surface area contributed by atoms with E-state index in [0.29, 0.717) is 18.1 Å². The van der Waals surface area contributed by atoms with Gasteiger partial charge < -0.3 is 15.0 Å². The third kappa shape index (κ3) is 2.85. The van der Waals surface area contributed by atoms with Gasteiger partial charge in [-0.3, -0.25) is 0 Å². The maximum absolute atomic E-state index is 13.0. The van der Waals surface area contributed by atoms with E-state index in [2.05, 4.69) is 24.1 Å². The highest BCUT2D eigenvalue weighted by Gasteiger charge is 2.60. The summed E-state index contributed by atoms with van der Waals surface area (Å²) in [4.78, 5) is 15.1. The number of fused-ring (bicyclic) bond motifs is 1. The molecule has 4 fully saturated rings. The lowest BCUT2D eigenvalue weighted by molar-refractivity contribution is -0.109. The molecule has 0 aromatic heterocycles. The molecule has 2 saturated heterocycles. The number of carbonyl (C=O) groups excluding carboxylic acids is 1. The fraction of sp³-hybridized carbons (Fsp3) is 0.950. The standard InChI is InChI=1S/C20H34N2O2/c1-20(2)17(16-10-12-24-18(16)20)21-19(23)22-11-6-9-15(22)13-14-7-4-3-5-8-14/h14-18H,3-13H2,1-2H3,(H,21,23)/t15-,16-,17-,18-/m1/s1. The fourth-order valence-corrected chi connectivity index (χ4v) is 5.99. The van der Waals surface area contributed by atoms with Gasteiger partial charge in [0.1, 0.15) is 0 Å². The first-order chi connectivity index (χ1) is 11.6. The van der Waals surface area contributed by atoms with E-state index in [1.165, 1.54) is 51.4 Å². The molecule has 0 bridgehead atoms. The number of hydrogen-bond donors (Lipinski definition) is 1. The van der Waals surface area contributed by atoms with Crippen LogP contribution in [-0.2, 0) is 4.74 Å². The molecule has 2 aliphatic carbocycles. The highest BCUT2D eigenvalue weighted by Crippen LogP contribution is 2.52. The van der Waals surface area contributed by atoms with Crippen LogP contribution in [0.1, 0.15) is 71.6 Å². The van der Waals surface area contributed by atoms with E-state index in [-0.39, 0.29) is 17.5 Å². The molecule has 0 spiro atoms. The molecule has 0 unspecified atom stereocenters. The van der Waals surface area contributed by atoms with Crippen molar-refractivity contribution in [3.8, 4) is 0 Å². The van der Waals surface area contributed by atoms with Crippen LogP contribution in [0.2, 0.25) is 0 Å².